The highest BCUT2D eigenvalue weighted by molar-refractivity contribution is 9.10. The maximum absolute atomic E-state index is 12.1. The van der Waals surface area contributed by atoms with E-state index in [0.717, 1.165) is 12.1 Å². The lowest BCUT2D eigenvalue weighted by atomic mass is 10.0. The van der Waals surface area contributed by atoms with Gasteiger partial charge in [-0.3, -0.25) is 0 Å². The lowest BCUT2D eigenvalue weighted by molar-refractivity contribution is -0.274. The van der Waals surface area contributed by atoms with E-state index in [-0.39, 0.29) is 5.75 Å². The number of hydrogen-bond donors (Lipinski definition) is 1. The third kappa shape index (κ3) is 4.38. The van der Waals surface area contributed by atoms with Gasteiger partial charge >= 0.3 is 6.36 Å². The SMILES string of the molecule is CCC1(CNCc2ccc(OC(F)(F)F)c(Br)c2)CC1. The van der Waals surface area contributed by atoms with Crippen molar-refractivity contribution in [2.45, 2.75) is 39.1 Å². The fourth-order valence-corrected chi connectivity index (χ4v) is 2.67. The van der Waals surface area contributed by atoms with Crippen molar-refractivity contribution in [3.05, 3.63) is 28.2 Å². The van der Waals surface area contributed by atoms with Gasteiger partial charge in [0, 0.05) is 13.1 Å². The van der Waals surface area contributed by atoms with Gasteiger partial charge in [-0.2, -0.15) is 0 Å². The van der Waals surface area contributed by atoms with E-state index < -0.39 is 6.36 Å². The van der Waals surface area contributed by atoms with Crippen molar-refractivity contribution in [1.29, 1.82) is 0 Å². The predicted octanol–water partition coefficient (Wildman–Crippen LogP) is 4.63. The normalized spacial score (nSPS) is 17.1. The van der Waals surface area contributed by atoms with Gasteiger partial charge in [0.1, 0.15) is 5.75 Å². The molecular formula is C14H17BrF3NO. The summed E-state index contributed by atoms with van der Waals surface area (Å²) in [4.78, 5) is 0. The predicted molar refractivity (Wildman–Crippen MR) is 74.5 cm³/mol. The first-order chi connectivity index (χ1) is 9.34. The molecular weight excluding hydrogens is 335 g/mol. The molecule has 112 valence electrons. The Kier molecular flexibility index (Phi) is 4.64. The highest BCUT2D eigenvalue weighted by Crippen LogP contribution is 2.47. The number of halogens is 4. The largest absolute Gasteiger partial charge is 0.573 e. The Morgan fingerprint density at radius 1 is 1.35 bits per heavy atom. The van der Waals surface area contributed by atoms with Crippen LogP contribution in [0.25, 0.3) is 0 Å². The summed E-state index contributed by atoms with van der Waals surface area (Å²) in [6, 6.07) is 4.63. The molecule has 0 unspecified atom stereocenters. The van der Waals surface area contributed by atoms with Crippen molar-refractivity contribution in [2.75, 3.05) is 6.54 Å². The van der Waals surface area contributed by atoms with Gasteiger partial charge in [0.2, 0.25) is 0 Å². The zero-order chi connectivity index (χ0) is 14.8. The van der Waals surface area contributed by atoms with E-state index in [1.165, 1.54) is 25.3 Å². The summed E-state index contributed by atoms with van der Waals surface area (Å²) < 4.78 is 40.7. The van der Waals surface area contributed by atoms with E-state index in [9.17, 15) is 13.2 Å². The van der Waals surface area contributed by atoms with Crippen LogP contribution in [0.4, 0.5) is 13.2 Å². The lowest BCUT2D eigenvalue weighted by Crippen LogP contribution is -2.23. The van der Waals surface area contributed by atoms with Crippen molar-refractivity contribution >= 4 is 15.9 Å². The summed E-state index contributed by atoms with van der Waals surface area (Å²) in [6.45, 7) is 3.79. The number of benzene rings is 1. The van der Waals surface area contributed by atoms with Gasteiger partial charge in [0.15, 0.2) is 0 Å². The molecule has 1 aromatic rings. The molecule has 0 spiro atoms. The standard InChI is InChI=1S/C14H17BrF3NO/c1-2-13(5-6-13)9-19-8-10-3-4-12(11(15)7-10)20-14(16,17)18/h3-4,7,19H,2,5-6,8-9H2,1H3. The second-order valence-corrected chi connectivity index (χ2v) is 6.12. The highest BCUT2D eigenvalue weighted by Gasteiger charge is 2.39. The van der Waals surface area contributed by atoms with Crippen LogP contribution in [0.1, 0.15) is 31.7 Å². The minimum absolute atomic E-state index is 0.214. The minimum Gasteiger partial charge on any atom is -0.405 e. The molecule has 0 atom stereocenters. The summed E-state index contributed by atoms with van der Waals surface area (Å²) >= 11 is 3.10. The molecule has 0 bridgehead atoms. The molecule has 0 heterocycles. The molecule has 1 aliphatic carbocycles. The molecule has 0 saturated heterocycles. The van der Waals surface area contributed by atoms with Crippen LogP contribution in [-0.2, 0) is 6.54 Å². The van der Waals surface area contributed by atoms with Crippen LogP contribution in [-0.4, -0.2) is 12.9 Å². The molecule has 6 heteroatoms. The Morgan fingerprint density at radius 2 is 2.05 bits per heavy atom. The molecule has 1 aromatic carbocycles. The van der Waals surface area contributed by atoms with Crippen LogP contribution in [0, 0.1) is 5.41 Å². The van der Waals surface area contributed by atoms with Gasteiger partial charge < -0.3 is 10.1 Å². The first-order valence-corrected chi connectivity index (χ1v) is 7.38. The third-order valence-corrected chi connectivity index (χ3v) is 4.38. The first-order valence-electron chi connectivity index (χ1n) is 6.58. The molecule has 20 heavy (non-hydrogen) atoms. The molecule has 1 N–H and O–H groups in total. The van der Waals surface area contributed by atoms with Crippen molar-refractivity contribution in [3.8, 4) is 5.75 Å². The van der Waals surface area contributed by atoms with Crippen LogP contribution in [0.3, 0.4) is 0 Å². The van der Waals surface area contributed by atoms with Gasteiger partial charge in [-0.05, 0) is 58.3 Å². The van der Waals surface area contributed by atoms with Crippen LogP contribution in [0.15, 0.2) is 22.7 Å². The molecule has 0 aliphatic heterocycles. The van der Waals surface area contributed by atoms with Gasteiger partial charge in [-0.15, -0.1) is 13.2 Å². The van der Waals surface area contributed by atoms with Gasteiger partial charge in [0.25, 0.3) is 0 Å². The van der Waals surface area contributed by atoms with E-state index >= 15 is 0 Å². The summed E-state index contributed by atoms with van der Waals surface area (Å²) in [5.41, 5.74) is 1.38. The van der Waals surface area contributed by atoms with Gasteiger partial charge in [0.05, 0.1) is 4.47 Å². The fraction of sp³-hybridized carbons (Fsp3) is 0.571. The monoisotopic (exact) mass is 351 g/mol. The average molecular weight is 352 g/mol. The number of nitrogens with one attached hydrogen (secondary N) is 1. The summed E-state index contributed by atoms with van der Waals surface area (Å²) in [6.07, 6.45) is -0.971. The zero-order valence-electron chi connectivity index (χ0n) is 11.2. The minimum atomic E-state index is -4.66. The third-order valence-electron chi connectivity index (χ3n) is 3.76. The average Bonchev–Trinajstić information content (AvgIpc) is 3.12. The van der Waals surface area contributed by atoms with E-state index in [2.05, 4.69) is 32.9 Å². The van der Waals surface area contributed by atoms with Gasteiger partial charge in [-0.1, -0.05) is 13.0 Å². The molecule has 1 fully saturated rings. The van der Waals surface area contributed by atoms with E-state index in [0.29, 0.717) is 16.4 Å². The molecule has 0 amide bonds. The molecule has 0 radical (unpaired) electrons. The fourth-order valence-electron chi connectivity index (χ4n) is 2.17. The van der Waals surface area contributed by atoms with Crippen molar-refractivity contribution in [1.82, 2.24) is 5.32 Å². The Morgan fingerprint density at radius 3 is 2.55 bits per heavy atom. The Balaban J connectivity index is 1.88. The number of alkyl halides is 3. The van der Waals surface area contributed by atoms with E-state index in [1.54, 1.807) is 12.1 Å². The highest BCUT2D eigenvalue weighted by atomic mass is 79.9. The summed E-state index contributed by atoms with van der Waals surface area (Å²) in [5, 5.41) is 3.37. The zero-order valence-corrected chi connectivity index (χ0v) is 12.8. The molecule has 0 aromatic heterocycles. The second kappa shape index (κ2) is 5.93. The van der Waals surface area contributed by atoms with Crippen molar-refractivity contribution in [3.63, 3.8) is 0 Å². The van der Waals surface area contributed by atoms with Gasteiger partial charge in [-0.25, -0.2) is 0 Å². The van der Waals surface area contributed by atoms with E-state index in [4.69, 9.17) is 0 Å². The maximum Gasteiger partial charge on any atom is 0.573 e. The topological polar surface area (TPSA) is 21.3 Å². The van der Waals surface area contributed by atoms with Crippen LogP contribution in [0.5, 0.6) is 5.75 Å². The molecule has 2 nitrogen and oxygen atoms in total. The van der Waals surface area contributed by atoms with Crippen LogP contribution in [0.2, 0.25) is 0 Å². The Labute approximate surface area is 124 Å². The van der Waals surface area contributed by atoms with Crippen molar-refractivity contribution < 1.29 is 17.9 Å². The molecule has 1 aliphatic rings. The summed E-state index contributed by atoms with van der Waals surface area (Å²) in [5.74, 6) is -0.214. The Bertz CT molecular complexity index is 472. The number of hydrogen-bond acceptors (Lipinski definition) is 2. The van der Waals surface area contributed by atoms with Crippen LogP contribution < -0.4 is 10.1 Å². The smallest absolute Gasteiger partial charge is 0.405 e. The van der Waals surface area contributed by atoms with Crippen molar-refractivity contribution in [2.24, 2.45) is 5.41 Å². The molecule has 2 rings (SSSR count). The lowest BCUT2D eigenvalue weighted by Gasteiger charge is -2.14. The number of rotatable bonds is 6. The molecule has 1 saturated carbocycles. The Hall–Kier alpha value is -0.750. The maximum atomic E-state index is 12.1. The first kappa shape index (κ1) is 15.6. The summed E-state index contributed by atoms with van der Waals surface area (Å²) in [7, 11) is 0. The quantitative estimate of drug-likeness (QED) is 0.806. The second-order valence-electron chi connectivity index (χ2n) is 5.27. The number of ether oxygens (including phenoxy) is 1. The van der Waals surface area contributed by atoms with E-state index in [1.807, 2.05) is 0 Å². The van der Waals surface area contributed by atoms with Crippen LogP contribution >= 0.6 is 15.9 Å².